The minimum atomic E-state index is -0.246. The molecule has 26 heavy (non-hydrogen) atoms. The van der Waals surface area contributed by atoms with Gasteiger partial charge in [0.2, 0.25) is 0 Å². The first kappa shape index (κ1) is 18.8. The van der Waals surface area contributed by atoms with Crippen molar-refractivity contribution in [2.75, 3.05) is 7.11 Å². The number of rotatable bonds is 3. The van der Waals surface area contributed by atoms with Gasteiger partial charge in [0.25, 0.3) is 0 Å². The van der Waals surface area contributed by atoms with Crippen molar-refractivity contribution in [1.82, 2.24) is 0 Å². The third-order valence-corrected chi connectivity index (χ3v) is 6.00. The van der Waals surface area contributed by atoms with E-state index in [0.717, 1.165) is 25.0 Å². The van der Waals surface area contributed by atoms with Crippen LogP contribution < -0.4 is 4.74 Å². The highest BCUT2D eigenvalue weighted by Crippen LogP contribution is 2.62. The van der Waals surface area contributed by atoms with E-state index in [1.807, 2.05) is 0 Å². The van der Waals surface area contributed by atoms with E-state index in [-0.39, 0.29) is 17.5 Å². The molecule has 2 aliphatic carbocycles. The molecule has 0 spiro atoms. The van der Waals surface area contributed by atoms with Crippen LogP contribution in [0, 0.1) is 17.3 Å². The van der Waals surface area contributed by atoms with Crippen LogP contribution in [0.15, 0.2) is 47.6 Å². The number of methoxy groups -OCH3 is 1. The fourth-order valence-corrected chi connectivity index (χ4v) is 4.26. The molecule has 2 aliphatic rings. The van der Waals surface area contributed by atoms with Gasteiger partial charge in [-0.3, -0.25) is 0 Å². The lowest BCUT2D eigenvalue weighted by Gasteiger charge is -2.21. The maximum Gasteiger partial charge on any atom is 0.338 e. The first-order valence-corrected chi connectivity index (χ1v) is 9.51. The minimum absolute atomic E-state index is 0.0806. The zero-order valence-electron chi connectivity index (χ0n) is 16.5. The zero-order valence-corrected chi connectivity index (χ0v) is 16.5. The zero-order chi connectivity index (χ0) is 18.9. The Labute approximate surface area is 157 Å². The molecule has 1 saturated carbocycles. The molecule has 3 heteroatoms. The lowest BCUT2D eigenvalue weighted by Crippen LogP contribution is -2.23. The van der Waals surface area contributed by atoms with Crippen molar-refractivity contribution in [3.63, 3.8) is 0 Å². The highest BCUT2D eigenvalue weighted by molar-refractivity contribution is 5.89. The highest BCUT2D eigenvalue weighted by atomic mass is 16.5. The van der Waals surface area contributed by atoms with E-state index in [1.165, 1.54) is 11.1 Å². The number of hydrogen-bond donors (Lipinski definition) is 0. The summed E-state index contributed by atoms with van der Waals surface area (Å²) in [4.78, 5) is 12.7. The van der Waals surface area contributed by atoms with Crippen LogP contribution in [-0.4, -0.2) is 19.2 Å². The van der Waals surface area contributed by atoms with Gasteiger partial charge in [-0.2, -0.15) is 0 Å². The van der Waals surface area contributed by atoms with Gasteiger partial charge < -0.3 is 9.47 Å². The molecule has 0 N–H and O–H groups in total. The summed E-state index contributed by atoms with van der Waals surface area (Å²) in [6, 6.07) is 7.13. The molecule has 3 atom stereocenters. The second-order valence-corrected chi connectivity index (χ2v) is 8.35. The molecule has 140 valence electrons. The van der Waals surface area contributed by atoms with E-state index in [2.05, 4.69) is 39.8 Å². The number of ether oxygens (including phenoxy) is 2. The SMILES string of the molecule is COc1ccc(C(=O)O[C@@H]2C/C(C)=C/CC/C(C)=C/[C@@H]3[C@H]2C3(C)C)cc1. The molecule has 3 rings (SSSR count). The largest absolute Gasteiger partial charge is 0.497 e. The lowest BCUT2D eigenvalue weighted by molar-refractivity contribution is 0.0214. The first-order chi connectivity index (χ1) is 12.3. The van der Waals surface area contributed by atoms with Crippen molar-refractivity contribution < 1.29 is 14.3 Å². The Hall–Kier alpha value is -2.03. The molecule has 0 bridgehead atoms. The van der Waals surface area contributed by atoms with Crippen molar-refractivity contribution in [3.8, 4) is 5.75 Å². The van der Waals surface area contributed by atoms with Crippen LogP contribution >= 0.6 is 0 Å². The molecule has 1 aromatic carbocycles. The number of hydrogen-bond acceptors (Lipinski definition) is 3. The van der Waals surface area contributed by atoms with Crippen molar-refractivity contribution in [3.05, 3.63) is 53.1 Å². The topological polar surface area (TPSA) is 35.5 Å². The molecule has 0 unspecified atom stereocenters. The van der Waals surface area contributed by atoms with Gasteiger partial charge in [0.15, 0.2) is 0 Å². The van der Waals surface area contributed by atoms with Gasteiger partial charge in [0, 0.05) is 12.3 Å². The van der Waals surface area contributed by atoms with E-state index < -0.39 is 0 Å². The summed E-state index contributed by atoms with van der Waals surface area (Å²) in [6.45, 7) is 8.95. The van der Waals surface area contributed by atoms with Crippen LogP contribution in [0.25, 0.3) is 0 Å². The van der Waals surface area contributed by atoms with Crippen molar-refractivity contribution in [2.24, 2.45) is 17.3 Å². The molecule has 0 amide bonds. The van der Waals surface area contributed by atoms with E-state index in [1.54, 1.807) is 31.4 Å². The normalized spacial score (nSPS) is 31.5. The Kier molecular flexibility index (Phi) is 5.27. The predicted octanol–water partition coefficient (Wildman–Crippen LogP) is 5.57. The summed E-state index contributed by atoms with van der Waals surface area (Å²) in [5.41, 5.74) is 3.51. The standard InChI is InChI=1S/C23H30O3/c1-15-7-6-8-16(2)14-20(21-19(13-15)23(21,3)4)26-22(24)17-9-11-18(25-5)12-10-17/h8-13,19-21H,6-7,14H2,1-5H3/b15-13+,16-8+/t19-,20-,21-/m1/s1. The van der Waals surface area contributed by atoms with Gasteiger partial charge in [-0.25, -0.2) is 4.79 Å². The third-order valence-electron chi connectivity index (χ3n) is 6.00. The third kappa shape index (κ3) is 3.87. The maximum absolute atomic E-state index is 12.7. The fraction of sp³-hybridized carbons (Fsp3) is 0.522. The Morgan fingerprint density at radius 1 is 1.12 bits per heavy atom. The quantitative estimate of drug-likeness (QED) is 0.526. The van der Waals surface area contributed by atoms with Crippen LogP contribution in [0.1, 0.15) is 57.3 Å². The van der Waals surface area contributed by atoms with Crippen molar-refractivity contribution in [1.29, 1.82) is 0 Å². The average Bonchev–Trinajstić information content (AvgIpc) is 3.14. The van der Waals surface area contributed by atoms with Crippen molar-refractivity contribution >= 4 is 5.97 Å². The fourth-order valence-electron chi connectivity index (χ4n) is 4.26. The number of esters is 1. The first-order valence-electron chi connectivity index (χ1n) is 9.51. The van der Waals surface area contributed by atoms with E-state index in [4.69, 9.17) is 9.47 Å². The van der Waals surface area contributed by atoms with Gasteiger partial charge in [-0.15, -0.1) is 0 Å². The predicted molar refractivity (Wildman–Crippen MR) is 104 cm³/mol. The second kappa shape index (κ2) is 7.30. The monoisotopic (exact) mass is 354 g/mol. The smallest absolute Gasteiger partial charge is 0.338 e. The summed E-state index contributed by atoms with van der Waals surface area (Å²) in [5, 5.41) is 0. The maximum atomic E-state index is 12.7. The van der Waals surface area contributed by atoms with Gasteiger partial charge in [-0.1, -0.05) is 37.1 Å². The Bertz CT molecular complexity index is 724. The second-order valence-electron chi connectivity index (χ2n) is 8.35. The van der Waals surface area contributed by atoms with Crippen LogP contribution in [0.5, 0.6) is 5.75 Å². The summed E-state index contributed by atoms with van der Waals surface area (Å²) in [5.74, 6) is 1.36. The number of carbonyl (C=O) groups is 1. The lowest BCUT2D eigenvalue weighted by atomic mass is 9.98. The molecule has 0 heterocycles. The molecular formula is C23H30O3. The van der Waals surface area contributed by atoms with Crippen molar-refractivity contribution in [2.45, 2.75) is 53.1 Å². The number of benzene rings is 1. The molecule has 0 aromatic heterocycles. The molecule has 1 fully saturated rings. The van der Waals surface area contributed by atoms with Crippen LogP contribution in [0.3, 0.4) is 0 Å². The molecule has 0 saturated heterocycles. The van der Waals surface area contributed by atoms with Gasteiger partial charge in [0.05, 0.1) is 12.7 Å². The minimum Gasteiger partial charge on any atom is -0.497 e. The summed E-state index contributed by atoms with van der Waals surface area (Å²) < 4.78 is 11.2. The molecule has 0 aliphatic heterocycles. The number of allylic oxidation sites excluding steroid dienone is 3. The van der Waals surface area contributed by atoms with Gasteiger partial charge >= 0.3 is 5.97 Å². The number of carbonyl (C=O) groups excluding carboxylic acids is 1. The highest BCUT2D eigenvalue weighted by Gasteiger charge is 2.60. The Morgan fingerprint density at radius 3 is 2.46 bits per heavy atom. The Morgan fingerprint density at radius 2 is 1.81 bits per heavy atom. The summed E-state index contributed by atoms with van der Waals surface area (Å²) in [6.07, 6.45) is 7.62. The van der Waals surface area contributed by atoms with Crippen LogP contribution in [0.2, 0.25) is 0 Å². The van der Waals surface area contributed by atoms with Crippen LogP contribution in [0.4, 0.5) is 0 Å². The molecule has 1 aromatic rings. The van der Waals surface area contributed by atoms with Crippen LogP contribution in [-0.2, 0) is 4.74 Å². The summed E-state index contributed by atoms with van der Waals surface area (Å²) in [7, 11) is 1.62. The van der Waals surface area contributed by atoms with E-state index in [0.29, 0.717) is 17.4 Å². The molecule has 3 nitrogen and oxygen atoms in total. The van der Waals surface area contributed by atoms with Gasteiger partial charge in [0.1, 0.15) is 11.9 Å². The molecular weight excluding hydrogens is 324 g/mol. The summed E-state index contributed by atoms with van der Waals surface area (Å²) >= 11 is 0. The van der Waals surface area contributed by atoms with E-state index >= 15 is 0 Å². The Balaban J connectivity index is 1.81. The average molecular weight is 354 g/mol. The van der Waals surface area contributed by atoms with E-state index in [9.17, 15) is 4.79 Å². The van der Waals surface area contributed by atoms with Gasteiger partial charge in [-0.05, 0) is 62.3 Å². The molecule has 0 radical (unpaired) electrons. The number of fused-ring (bicyclic) bond motifs is 1.